The zero-order valence-electron chi connectivity index (χ0n) is 12.5. The Hall–Kier alpha value is -2.74. The largest absolute Gasteiger partial charge is 0.573 e. The first-order chi connectivity index (χ1) is 11.8. The third kappa shape index (κ3) is 4.03. The zero-order chi connectivity index (χ0) is 18.0. The van der Waals surface area contributed by atoms with Crippen molar-refractivity contribution in [3.05, 3.63) is 59.0 Å². The number of aromatic carboxylic acids is 1. The van der Waals surface area contributed by atoms with E-state index in [9.17, 15) is 23.1 Å². The Morgan fingerprint density at radius 2 is 1.76 bits per heavy atom. The molecule has 0 saturated heterocycles. The van der Waals surface area contributed by atoms with Gasteiger partial charge in [-0.15, -0.1) is 24.5 Å². The van der Waals surface area contributed by atoms with E-state index in [2.05, 4.69) is 4.74 Å². The van der Waals surface area contributed by atoms with Gasteiger partial charge in [0.15, 0.2) is 10.6 Å². The highest BCUT2D eigenvalue weighted by molar-refractivity contribution is 7.21. The average molecular weight is 368 g/mol. The van der Waals surface area contributed by atoms with E-state index in [1.165, 1.54) is 24.3 Å². The van der Waals surface area contributed by atoms with E-state index in [4.69, 9.17) is 4.74 Å². The molecule has 0 fully saturated rings. The van der Waals surface area contributed by atoms with Crippen LogP contribution in [-0.4, -0.2) is 17.4 Å². The molecule has 1 aromatic heterocycles. The Morgan fingerprint density at radius 3 is 2.40 bits per heavy atom. The van der Waals surface area contributed by atoms with Gasteiger partial charge in [0.2, 0.25) is 0 Å². The number of alkyl halides is 3. The minimum absolute atomic E-state index is 0.0211. The number of hydrogen-bond acceptors (Lipinski definition) is 4. The van der Waals surface area contributed by atoms with Crippen molar-refractivity contribution < 1.29 is 32.5 Å². The second-order valence-corrected chi connectivity index (χ2v) is 6.09. The summed E-state index contributed by atoms with van der Waals surface area (Å²) in [5.74, 6) is -1.17. The van der Waals surface area contributed by atoms with Gasteiger partial charge in [-0.3, -0.25) is 0 Å². The number of benzene rings is 2. The molecular weight excluding hydrogens is 357 g/mol. The minimum Gasteiger partial charge on any atom is -0.486 e. The third-order valence-corrected chi connectivity index (χ3v) is 4.42. The molecule has 2 aromatic carbocycles. The van der Waals surface area contributed by atoms with Crippen LogP contribution in [0.2, 0.25) is 0 Å². The molecule has 130 valence electrons. The lowest BCUT2D eigenvalue weighted by Gasteiger charge is -2.10. The number of carboxylic acid groups (broad SMARTS) is 1. The van der Waals surface area contributed by atoms with Gasteiger partial charge in [0.05, 0.1) is 0 Å². The van der Waals surface area contributed by atoms with Gasteiger partial charge in [0.25, 0.3) is 0 Å². The molecule has 3 rings (SSSR count). The molecule has 0 radical (unpaired) electrons. The fourth-order valence-electron chi connectivity index (χ4n) is 2.25. The lowest BCUT2D eigenvalue weighted by atomic mass is 10.2. The molecule has 0 saturated carbocycles. The van der Waals surface area contributed by atoms with Crippen molar-refractivity contribution >= 4 is 27.4 Å². The van der Waals surface area contributed by atoms with Gasteiger partial charge >= 0.3 is 12.3 Å². The smallest absolute Gasteiger partial charge is 0.486 e. The van der Waals surface area contributed by atoms with Crippen LogP contribution in [0.1, 0.15) is 15.2 Å². The van der Waals surface area contributed by atoms with Crippen molar-refractivity contribution in [1.29, 1.82) is 0 Å². The second-order valence-electron chi connectivity index (χ2n) is 5.04. The number of rotatable bonds is 5. The predicted octanol–water partition coefficient (Wildman–Crippen LogP) is 5.08. The van der Waals surface area contributed by atoms with Crippen molar-refractivity contribution in [3.8, 4) is 11.5 Å². The summed E-state index contributed by atoms with van der Waals surface area (Å²) in [6.45, 7) is 0.0211. The summed E-state index contributed by atoms with van der Waals surface area (Å²) in [6.07, 6.45) is -4.75. The van der Waals surface area contributed by atoms with Gasteiger partial charge in [-0.25, -0.2) is 4.79 Å². The van der Waals surface area contributed by atoms with Crippen LogP contribution < -0.4 is 9.47 Å². The summed E-state index contributed by atoms with van der Waals surface area (Å²) >= 11 is 1.11. The van der Waals surface area contributed by atoms with E-state index in [1.54, 1.807) is 24.3 Å². The van der Waals surface area contributed by atoms with Crippen LogP contribution >= 0.6 is 11.3 Å². The van der Waals surface area contributed by atoms with Crippen LogP contribution in [0.25, 0.3) is 10.1 Å². The van der Waals surface area contributed by atoms with E-state index >= 15 is 0 Å². The van der Waals surface area contributed by atoms with Crippen LogP contribution in [0.15, 0.2) is 48.5 Å². The van der Waals surface area contributed by atoms with Crippen molar-refractivity contribution in [1.82, 2.24) is 0 Å². The molecule has 0 bridgehead atoms. The molecule has 1 N–H and O–H groups in total. The summed E-state index contributed by atoms with van der Waals surface area (Å²) in [6, 6.07) is 12.3. The van der Waals surface area contributed by atoms with Gasteiger partial charge in [-0.2, -0.15) is 0 Å². The monoisotopic (exact) mass is 368 g/mol. The zero-order valence-corrected chi connectivity index (χ0v) is 13.4. The molecule has 0 aliphatic carbocycles. The number of thiophene rings is 1. The van der Waals surface area contributed by atoms with Crippen molar-refractivity contribution in [2.24, 2.45) is 0 Å². The number of carboxylic acids is 1. The van der Waals surface area contributed by atoms with Gasteiger partial charge in [-0.1, -0.05) is 24.3 Å². The highest BCUT2D eigenvalue weighted by Gasteiger charge is 2.31. The number of halogens is 3. The topological polar surface area (TPSA) is 55.8 Å². The molecule has 1 heterocycles. The Kier molecular flexibility index (Phi) is 4.54. The number of fused-ring (bicyclic) bond motifs is 1. The third-order valence-electron chi connectivity index (χ3n) is 3.28. The van der Waals surface area contributed by atoms with E-state index in [0.717, 1.165) is 16.0 Å². The van der Waals surface area contributed by atoms with Gasteiger partial charge in [-0.05, 0) is 29.8 Å². The van der Waals surface area contributed by atoms with Gasteiger partial charge in [0, 0.05) is 10.1 Å². The molecule has 8 heteroatoms. The second kappa shape index (κ2) is 6.64. The number of carbonyl (C=O) groups is 1. The quantitative estimate of drug-likeness (QED) is 0.683. The maximum Gasteiger partial charge on any atom is 0.573 e. The van der Waals surface area contributed by atoms with Crippen molar-refractivity contribution in [2.45, 2.75) is 13.0 Å². The molecule has 3 aromatic rings. The molecule has 0 spiro atoms. The van der Waals surface area contributed by atoms with Crippen molar-refractivity contribution in [2.75, 3.05) is 0 Å². The maximum atomic E-state index is 12.1. The molecule has 0 aliphatic rings. The summed E-state index contributed by atoms with van der Waals surface area (Å²) in [5, 5.41) is 10.00. The summed E-state index contributed by atoms with van der Waals surface area (Å²) < 4.78 is 46.7. The summed E-state index contributed by atoms with van der Waals surface area (Å²) in [4.78, 5) is 11.5. The minimum atomic E-state index is -4.75. The molecule has 0 unspecified atom stereocenters. The molecule has 25 heavy (non-hydrogen) atoms. The highest BCUT2D eigenvalue weighted by atomic mass is 32.1. The fraction of sp³-hybridized carbons (Fsp3) is 0.118. The Morgan fingerprint density at radius 1 is 1.08 bits per heavy atom. The Labute approximate surface area is 144 Å². The predicted molar refractivity (Wildman–Crippen MR) is 86.2 cm³/mol. The van der Waals surface area contributed by atoms with Gasteiger partial charge < -0.3 is 14.6 Å². The summed E-state index contributed by atoms with van der Waals surface area (Å²) in [7, 11) is 0. The molecule has 0 atom stereocenters. The van der Waals surface area contributed by atoms with E-state index in [1.807, 2.05) is 0 Å². The molecular formula is C17H11F3O4S. The van der Waals surface area contributed by atoms with Crippen molar-refractivity contribution in [3.63, 3.8) is 0 Å². The SMILES string of the molecule is O=C(O)c1sc2ccccc2c1OCc1ccc(OC(F)(F)F)cc1. The average Bonchev–Trinajstić information content (AvgIpc) is 2.92. The normalized spacial score (nSPS) is 11.5. The molecule has 0 aliphatic heterocycles. The first-order valence-corrected chi connectivity index (χ1v) is 7.87. The standard InChI is InChI=1S/C17H11F3O4S/c18-17(19,20)24-11-7-5-10(6-8-11)9-23-14-12-3-1-2-4-13(12)25-15(14)16(21)22/h1-8H,9H2,(H,21,22). The number of hydrogen-bond donors (Lipinski definition) is 1. The van der Waals surface area contributed by atoms with Crippen LogP contribution in [0.4, 0.5) is 13.2 Å². The Balaban J connectivity index is 1.79. The fourth-order valence-corrected chi connectivity index (χ4v) is 3.23. The summed E-state index contributed by atoms with van der Waals surface area (Å²) in [5.41, 5.74) is 0.584. The number of ether oxygens (including phenoxy) is 2. The van der Waals surface area contributed by atoms with Gasteiger partial charge in [0.1, 0.15) is 12.4 Å². The molecule has 0 amide bonds. The van der Waals surface area contributed by atoms with Crippen LogP contribution in [0.5, 0.6) is 11.5 Å². The van der Waals surface area contributed by atoms with E-state index < -0.39 is 12.3 Å². The van der Waals surface area contributed by atoms with Crippen LogP contribution in [0, 0.1) is 0 Å². The van der Waals surface area contributed by atoms with E-state index in [-0.39, 0.29) is 23.0 Å². The van der Waals surface area contributed by atoms with E-state index in [0.29, 0.717) is 10.9 Å². The Bertz CT molecular complexity index is 900. The first-order valence-electron chi connectivity index (χ1n) is 7.06. The first kappa shape index (κ1) is 17.1. The maximum absolute atomic E-state index is 12.1. The lowest BCUT2D eigenvalue weighted by molar-refractivity contribution is -0.274. The highest BCUT2D eigenvalue weighted by Crippen LogP contribution is 2.38. The molecule has 4 nitrogen and oxygen atoms in total. The van der Waals surface area contributed by atoms with Crippen LogP contribution in [-0.2, 0) is 6.61 Å². The van der Waals surface area contributed by atoms with Crippen LogP contribution in [0.3, 0.4) is 0 Å². The lowest BCUT2D eigenvalue weighted by Crippen LogP contribution is -2.17.